The van der Waals surface area contributed by atoms with Gasteiger partial charge in [-0.05, 0) is 41.6 Å². The summed E-state index contributed by atoms with van der Waals surface area (Å²) < 4.78 is 12.0. The molecule has 0 aliphatic heterocycles. The number of nitrogens with one attached hydrogen (secondary N) is 1. The van der Waals surface area contributed by atoms with Crippen molar-refractivity contribution in [1.29, 1.82) is 0 Å². The summed E-state index contributed by atoms with van der Waals surface area (Å²) in [6, 6.07) is 7.39. The second-order valence-corrected chi connectivity index (χ2v) is 6.46. The van der Waals surface area contributed by atoms with Crippen molar-refractivity contribution in [3.63, 3.8) is 0 Å². The standard InChI is InChI=1S/C11H14INO2S/c1-8(16(2)15)7-13-11(14)9-5-3-4-6-10(9)12/h3-6,8H,7H2,1-2H3,(H,13,14). The maximum Gasteiger partial charge on any atom is 0.252 e. The van der Waals surface area contributed by atoms with Crippen LogP contribution >= 0.6 is 22.6 Å². The van der Waals surface area contributed by atoms with Gasteiger partial charge in [-0.2, -0.15) is 0 Å². The first-order valence-corrected chi connectivity index (χ1v) is 7.57. The molecule has 5 heteroatoms. The molecule has 0 saturated carbocycles. The minimum absolute atomic E-state index is 0.0228. The fraction of sp³-hybridized carbons (Fsp3) is 0.364. The van der Waals surface area contributed by atoms with E-state index in [2.05, 4.69) is 27.9 Å². The van der Waals surface area contributed by atoms with E-state index in [0.717, 1.165) is 3.57 Å². The number of halogens is 1. The molecule has 16 heavy (non-hydrogen) atoms. The Morgan fingerprint density at radius 2 is 2.12 bits per heavy atom. The first kappa shape index (κ1) is 13.6. The molecule has 1 aromatic carbocycles. The smallest absolute Gasteiger partial charge is 0.252 e. The Labute approximate surface area is 112 Å². The highest BCUT2D eigenvalue weighted by Gasteiger charge is 2.11. The summed E-state index contributed by atoms with van der Waals surface area (Å²) in [7, 11) is -0.905. The van der Waals surface area contributed by atoms with Crippen LogP contribution < -0.4 is 5.32 Å². The van der Waals surface area contributed by atoms with Gasteiger partial charge in [-0.1, -0.05) is 12.1 Å². The predicted molar refractivity (Wildman–Crippen MR) is 75.0 cm³/mol. The number of carbonyl (C=O) groups excluding carboxylic acids is 1. The Bertz CT molecular complexity index is 409. The minimum Gasteiger partial charge on any atom is -0.351 e. The van der Waals surface area contributed by atoms with Crippen LogP contribution in [-0.2, 0) is 10.8 Å². The number of carbonyl (C=O) groups is 1. The topological polar surface area (TPSA) is 46.2 Å². The molecule has 0 aliphatic rings. The maximum absolute atomic E-state index is 11.8. The lowest BCUT2D eigenvalue weighted by atomic mass is 10.2. The molecule has 1 aromatic rings. The van der Waals surface area contributed by atoms with Crippen molar-refractivity contribution in [3.05, 3.63) is 33.4 Å². The zero-order valence-corrected chi connectivity index (χ0v) is 12.2. The lowest BCUT2D eigenvalue weighted by Crippen LogP contribution is -2.32. The average molecular weight is 351 g/mol. The third-order valence-corrected chi connectivity index (χ3v) is 4.48. The van der Waals surface area contributed by atoms with Gasteiger partial charge in [0.25, 0.3) is 5.91 Å². The van der Waals surface area contributed by atoms with Crippen LogP contribution in [0.15, 0.2) is 24.3 Å². The first-order chi connectivity index (χ1) is 7.52. The normalized spacial score (nSPS) is 14.2. The van der Waals surface area contributed by atoms with Gasteiger partial charge in [0, 0.05) is 32.4 Å². The highest BCUT2D eigenvalue weighted by atomic mass is 127. The van der Waals surface area contributed by atoms with Crippen molar-refractivity contribution in [2.45, 2.75) is 12.2 Å². The maximum atomic E-state index is 11.8. The van der Waals surface area contributed by atoms with Crippen LogP contribution in [0.1, 0.15) is 17.3 Å². The van der Waals surface area contributed by atoms with E-state index in [1.165, 1.54) is 0 Å². The Hall–Kier alpha value is -0.430. The summed E-state index contributed by atoms with van der Waals surface area (Å²) in [5.41, 5.74) is 0.664. The van der Waals surface area contributed by atoms with E-state index >= 15 is 0 Å². The summed E-state index contributed by atoms with van der Waals surface area (Å²) >= 11 is 2.13. The summed E-state index contributed by atoms with van der Waals surface area (Å²) in [5, 5.41) is 2.76. The van der Waals surface area contributed by atoms with Gasteiger partial charge >= 0.3 is 0 Å². The van der Waals surface area contributed by atoms with Gasteiger partial charge in [-0.25, -0.2) is 0 Å². The summed E-state index contributed by atoms with van der Waals surface area (Å²) in [6.07, 6.45) is 1.64. The van der Waals surface area contributed by atoms with Gasteiger partial charge in [0.2, 0.25) is 0 Å². The van der Waals surface area contributed by atoms with Crippen LogP contribution in [0.4, 0.5) is 0 Å². The molecule has 0 bridgehead atoms. The number of amides is 1. The molecule has 3 nitrogen and oxygen atoms in total. The number of rotatable bonds is 4. The highest BCUT2D eigenvalue weighted by molar-refractivity contribution is 14.1. The monoisotopic (exact) mass is 351 g/mol. The Morgan fingerprint density at radius 3 is 2.69 bits per heavy atom. The van der Waals surface area contributed by atoms with Gasteiger partial charge in [-0.3, -0.25) is 9.00 Å². The number of hydrogen-bond donors (Lipinski definition) is 1. The van der Waals surface area contributed by atoms with E-state index < -0.39 is 10.8 Å². The van der Waals surface area contributed by atoms with E-state index in [0.29, 0.717) is 12.1 Å². The molecule has 0 aliphatic carbocycles. The molecule has 0 saturated heterocycles. The molecular formula is C11H14INO2S. The Kier molecular flexibility index (Phi) is 5.40. The Balaban J connectivity index is 2.60. The molecule has 1 rings (SSSR count). The molecule has 2 unspecified atom stereocenters. The lowest BCUT2D eigenvalue weighted by Gasteiger charge is -2.10. The third kappa shape index (κ3) is 3.86. The molecular weight excluding hydrogens is 337 g/mol. The quantitative estimate of drug-likeness (QED) is 0.841. The van der Waals surface area contributed by atoms with Crippen LogP contribution in [0.2, 0.25) is 0 Å². The summed E-state index contributed by atoms with van der Waals surface area (Å²) in [6.45, 7) is 2.29. The van der Waals surface area contributed by atoms with Crippen molar-refractivity contribution >= 4 is 39.3 Å². The van der Waals surface area contributed by atoms with Crippen LogP contribution in [0.25, 0.3) is 0 Å². The molecule has 0 aromatic heterocycles. The molecule has 0 fully saturated rings. The van der Waals surface area contributed by atoms with Crippen LogP contribution in [-0.4, -0.2) is 28.2 Å². The van der Waals surface area contributed by atoms with Crippen molar-refractivity contribution < 1.29 is 9.00 Å². The zero-order valence-electron chi connectivity index (χ0n) is 9.20. The number of hydrogen-bond acceptors (Lipinski definition) is 2. The van der Waals surface area contributed by atoms with Crippen LogP contribution in [0.3, 0.4) is 0 Å². The zero-order chi connectivity index (χ0) is 12.1. The van der Waals surface area contributed by atoms with Gasteiger partial charge in [-0.15, -0.1) is 0 Å². The second kappa shape index (κ2) is 6.34. The van der Waals surface area contributed by atoms with Gasteiger partial charge in [0.05, 0.1) is 5.56 Å². The van der Waals surface area contributed by atoms with E-state index in [-0.39, 0.29) is 11.2 Å². The van der Waals surface area contributed by atoms with E-state index in [1.807, 2.05) is 25.1 Å². The molecule has 1 amide bonds. The fourth-order valence-electron chi connectivity index (χ4n) is 1.09. The van der Waals surface area contributed by atoms with E-state index in [9.17, 15) is 9.00 Å². The first-order valence-electron chi connectivity index (χ1n) is 4.87. The van der Waals surface area contributed by atoms with Gasteiger partial charge < -0.3 is 5.32 Å². The largest absolute Gasteiger partial charge is 0.351 e. The number of benzene rings is 1. The Morgan fingerprint density at radius 1 is 1.50 bits per heavy atom. The molecule has 0 spiro atoms. The molecule has 0 heterocycles. The average Bonchev–Trinajstić information content (AvgIpc) is 2.25. The minimum atomic E-state index is -0.905. The van der Waals surface area contributed by atoms with E-state index in [4.69, 9.17) is 0 Å². The molecule has 88 valence electrons. The summed E-state index contributed by atoms with van der Waals surface area (Å²) in [4.78, 5) is 11.8. The summed E-state index contributed by atoms with van der Waals surface area (Å²) in [5.74, 6) is -0.109. The molecule has 1 N–H and O–H groups in total. The van der Waals surface area contributed by atoms with Crippen molar-refractivity contribution in [2.24, 2.45) is 0 Å². The third-order valence-electron chi connectivity index (χ3n) is 2.24. The van der Waals surface area contributed by atoms with E-state index in [1.54, 1.807) is 12.3 Å². The lowest BCUT2D eigenvalue weighted by molar-refractivity contribution is 0.0953. The van der Waals surface area contributed by atoms with Crippen LogP contribution in [0, 0.1) is 3.57 Å². The predicted octanol–water partition coefficient (Wildman–Crippen LogP) is 1.79. The highest BCUT2D eigenvalue weighted by Crippen LogP contribution is 2.10. The van der Waals surface area contributed by atoms with Gasteiger partial charge in [0.15, 0.2) is 0 Å². The SMILES string of the molecule is CC(CNC(=O)c1ccccc1I)S(C)=O. The van der Waals surface area contributed by atoms with Crippen molar-refractivity contribution in [1.82, 2.24) is 5.32 Å². The molecule has 2 atom stereocenters. The van der Waals surface area contributed by atoms with Crippen LogP contribution in [0.5, 0.6) is 0 Å². The van der Waals surface area contributed by atoms with Gasteiger partial charge in [0.1, 0.15) is 0 Å². The van der Waals surface area contributed by atoms with Crippen molar-refractivity contribution in [3.8, 4) is 0 Å². The second-order valence-electron chi connectivity index (χ2n) is 3.50. The van der Waals surface area contributed by atoms with Crippen molar-refractivity contribution in [2.75, 3.05) is 12.8 Å². The molecule has 0 radical (unpaired) electrons. The fourth-order valence-corrected chi connectivity index (χ4v) is 2.04.